The van der Waals surface area contributed by atoms with Crippen molar-refractivity contribution in [2.75, 3.05) is 13.2 Å². The molecule has 0 atom stereocenters. The van der Waals surface area contributed by atoms with Crippen molar-refractivity contribution in [3.8, 4) is 0 Å². The molecule has 1 rings (SSSR count). The average molecular weight is 332 g/mol. The zero-order valence-electron chi connectivity index (χ0n) is 11.2. The lowest BCUT2D eigenvalue weighted by Gasteiger charge is -2.08. The van der Waals surface area contributed by atoms with Gasteiger partial charge in [-0.3, -0.25) is 4.79 Å². The van der Waals surface area contributed by atoms with Gasteiger partial charge >= 0.3 is 0 Å². The van der Waals surface area contributed by atoms with Crippen LogP contribution in [0, 0.1) is 5.82 Å². The van der Waals surface area contributed by atoms with Gasteiger partial charge in [-0.15, -0.1) is 0 Å². The van der Waals surface area contributed by atoms with Crippen LogP contribution in [0.2, 0.25) is 0 Å². The summed E-state index contributed by atoms with van der Waals surface area (Å²) in [6.07, 6.45) is 1.92. The van der Waals surface area contributed by atoms with Crippen molar-refractivity contribution in [3.63, 3.8) is 0 Å². The van der Waals surface area contributed by atoms with Crippen LogP contribution in [0.3, 0.4) is 0 Å². The van der Waals surface area contributed by atoms with E-state index in [-0.39, 0.29) is 17.6 Å². The normalized spacial score (nSPS) is 10.8. The molecule has 0 aromatic heterocycles. The second kappa shape index (κ2) is 8.27. The Morgan fingerprint density at radius 2 is 2.16 bits per heavy atom. The van der Waals surface area contributed by atoms with Crippen LogP contribution in [-0.2, 0) is 4.74 Å². The monoisotopic (exact) mass is 331 g/mol. The van der Waals surface area contributed by atoms with E-state index in [1.807, 2.05) is 13.8 Å². The summed E-state index contributed by atoms with van der Waals surface area (Å²) in [5.41, 5.74) is 0.0710. The molecule has 3 nitrogen and oxygen atoms in total. The summed E-state index contributed by atoms with van der Waals surface area (Å²) in [5, 5.41) is 2.70. The molecule has 0 heterocycles. The SMILES string of the molecule is CC(C)OCCCCNC(=O)c1ccc(Br)cc1F. The Hall–Kier alpha value is -0.940. The topological polar surface area (TPSA) is 38.3 Å². The third-order valence-corrected chi connectivity index (χ3v) is 2.98. The molecule has 0 aliphatic carbocycles. The number of carbonyl (C=O) groups excluding carboxylic acids is 1. The molecule has 0 fully saturated rings. The number of halogens is 2. The van der Waals surface area contributed by atoms with E-state index in [9.17, 15) is 9.18 Å². The van der Waals surface area contributed by atoms with E-state index in [2.05, 4.69) is 21.2 Å². The molecule has 0 aliphatic rings. The minimum atomic E-state index is -0.519. The Kier molecular flexibility index (Phi) is 7.02. The third-order valence-electron chi connectivity index (χ3n) is 2.48. The molecule has 0 unspecified atom stereocenters. The Balaban J connectivity index is 2.28. The van der Waals surface area contributed by atoms with Crippen LogP contribution in [0.1, 0.15) is 37.0 Å². The highest BCUT2D eigenvalue weighted by atomic mass is 79.9. The number of hydrogen-bond acceptors (Lipinski definition) is 2. The number of unbranched alkanes of at least 4 members (excludes halogenated alkanes) is 1. The number of rotatable bonds is 7. The van der Waals surface area contributed by atoms with Crippen molar-refractivity contribution in [3.05, 3.63) is 34.1 Å². The zero-order chi connectivity index (χ0) is 14.3. The first kappa shape index (κ1) is 16.1. The molecule has 0 saturated heterocycles. The Morgan fingerprint density at radius 3 is 2.79 bits per heavy atom. The van der Waals surface area contributed by atoms with Crippen molar-refractivity contribution >= 4 is 21.8 Å². The fourth-order valence-corrected chi connectivity index (χ4v) is 1.85. The van der Waals surface area contributed by atoms with Gasteiger partial charge in [-0.05, 0) is 44.9 Å². The van der Waals surface area contributed by atoms with E-state index >= 15 is 0 Å². The third kappa shape index (κ3) is 6.16. The number of nitrogens with one attached hydrogen (secondary N) is 1. The van der Waals surface area contributed by atoms with Crippen molar-refractivity contribution in [2.24, 2.45) is 0 Å². The van der Waals surface area contributed by atoms with Gasteiger partial charge in [0.15, 0.2) is 0 Å². The van der Waals surface area contributed by atoms with Crippen LogP contribution >= 0.6 is 15.9 Å². The van der Waals surface area contributed by atoms with Gasteiger partial charge in [-0.2, -0.15) is 0 Å². The van der Waals surface area contributed by atoms with Crippen LogP contribution in [0.5, 0.6) is 0 Å². The first-order valence-electron chi connectivity index (χ1n) is 6.35. The summed E-state index contributed by atoms with van der Waals surface area (Å²) < 4.78 is 19.5. The Morgan fingerprint density at radius 1 is 1.42 bits per heavy atom. The molecule has 1 N–H and O–H groups in total. The van der Waals surface area contributed by atoms with Crippen LogP contribution in [0.15, 0.2) is 22.7 Å². The summed E-state index contributed by atoms with van der Waals surface area (Å²) >= 11 is 3.15. The summed E-state index contributed by atoms with van der Waals surface area (Å²) in [7, 11) is 0. The van der Waals surface area contributed by atoms with Gasteiger partial charge in [0.05, 0.1) is 11.7 Å². The highest BCUT2D eigenvalue weighted by molar-refractivity contribution is 9.10. The first-order valence-corrected chi connectivity index (χ1v) is 7.15. The lowest BCUT2D eigenvalue weighted by atomic mass is 10.2. The van der Waals surface area contributed by atoms with E-state index in [4.69, 9.17) is 4.74 Å². The predicted octanol–water partition coefficient (Wildman–Crippen LogP) is 3.52. The summed E-state index contributed by atoms with van der Waals surface area (Å²) in [6, 6.07) is 4.40. The summed E-state index contributed by atoms with van der Waals surface area (Å²) in [4.78, 5) is 11.7. The lowest BCUT2D eigenvalue weighted by molar-refractivity contribution is 0.0754. The van der Waals surface area contributed by atoms with Crippen LogP contribution in [0.4, 0.5) is 4.39 Å². The second-order valence-electron chi connectivity index (χ2n) is 4.51. The standard InChI is InChI=1S/C14H19BrFNO2/c1-10(2)19-8-4-3-7-17-14(18)12-6-5-11(15)9-13(12)16/h5-6,9-10H,3-4,7-8H2,1-2H3,(H,17,18). The smallest absolute Gasteiger partial charge is 0.254 e. The molecular formula is C14H19BrFNO2. The number of carbonyl (C=O) groups is 1. The van der Waals surface area contributed by atoms with Crippen LogP contribution in [-0.4, -0.2) is 25.2 Å². The lowest BCUT2D eigenvalue weighted by Crippen LogP contribution is -2.25. The second-order valence-corrected chi connectivity index (χ2v) is 5.42. The van der Waals surface area contributed by atoms with Gasteiger partial charge < -0.3 is 10.1 Å². The number of ether oxygens (including phenoxy) is 1. The van der Waals surface area contributed by atoms with E-state index in [1.54, 1.807) is 6.07 Å². The van der Waals surface area contributed by atoms with Crippen molar-refractivity contribution in [1.82, 2.24) is 5.32 Å². The van der Waals surface area contributed by atoms with Crippen molar-refractivity contribution in [1.29, 1.82) is 0 Å². The first-order chi connectivity index (χ1) is 9.00. The van der Waals surface area contributed by atoms with Crippen molar-refractivity contribution < 1.29 is 13.9 Å². The molecule has 0 aliphatic heterocycles. The molecule has 0 spiro atoms. The van der Waals surface area contributed by atoms with Gasteiger partial charge in [0.1, 0.15) is 5.82 Å². The molecule has 0 bridgehead atoms. The molecule has 1 aromatic rings. The van der Waals surface area contributed by atoms with Gasteiger partial charge in [0.25, 0.3) is 5.91 Å². The van der Waals surface area contributed by atoms with E-state index < -0.39 is 5.82 Å². The number of amides is 1. The maximum absolute atomic E-state index is 13.5. The minimum Gasteiger partial charge on any atom is -0.379 e. The molecule has 19 heavy (non-hydrogen) atoms. The van der Waals surface area contributed by atoms with E-state index in [1.165, 1.54) is 12.1 Å². The molecule has 5 heteroatoms. The molecule has 1 aromatic carbocycles. The van der Waals surface area contributed by atoms with Crippen LogP contribution < -0.4 is 5.32 Å². The fourth-order valence-electron chi connectivity index (χ4n) is 1.52. The Bertz CT molecular complexity index is 424. The van der Waals surface area contributed by atoms with E-state index in [0.29, 0.717) is 17.6 Å². The van der Waals surface area contributed by atoms with Gasteiger partial charge in [-0.25, -0.2) is 4.39 Å². The van der Waals surface area contributed by atoms with E-state index in [0.717, 1.165) is 12.8 Å². The Labute approximate surface area is 121 Å². The van der Waals surface area contributed by atoms with Gasteiger partial charge in [0, 0.05) is 17.6 Å². The fraction of sp³-hybridized carbons (Fsp3) is 0.500. The quantitative estimate of drug-likeness (QED) is 0.776. The largest absolute Gasteiger partial charge is 0.379 e. The molecule has 0 radical (unpaired) electrons. The molecule has 106 valence electrons. The summed E-state index contributed by atoms with van der Waals surface area (Å²) in [6.45, 7) is 5.17. The molecule has 1 amide bonds. The average Bonchev–Trinajstić information content (AvgIpc) is 2.32. The van der Waals surface area contributed by atoms with Gasteiger partial charge in [-0.1, -0.05) is 15.9 Å². The number of benzene rings is 1. The number of hydrogen-bond donors (Lipinski definition) is 1. The minimum absolute atomic E-state index is 0.0710. The predicted molar refractivity (Wildman–Crippen MR) is 76.8 cm³/mol. The maximum Gasteiger partial charge on any atom is 0.254 e. The molecular weight excluding hydrogens is 313 g/mol. The molecule has 0 saturated carbocycles. The maximum atomic E-state index is 13.5. The van der Waals surface area contributed by atoms with Crippen molar-refractivity contribution in [2.45, 2.75) is 32.8 Å². The van der Waals surface area contributed by atoms with Gasteiger partial charge in [0.2, 0.25) is 0 Å². The highest BCUT2D eigenvalue weighted by Gasteiger charge is 2.10. The van der Waals surface area contributed by atoms with Crippen LogP contribution in [0.25, 0.3) is 0 Å². The highest BCUT2D eigenvalue weighted by Crippen LogP contribution is 2.15. The summed E-state index contributed by atoms with van der Waals surface area (Å²) in [5.74, 6) is -0.898. The zero-order valence-corrected chi connectivity index (χ0v) is 12.8.